The Labute approximate surface area is 478 Å². The van der Waals surface area contributed by atoms with E-state index in [1.54, 1.807) is 125 Å². The van der Waals surface area contributed by atoms with Crippen LogP contribution in [-0.4, -0.2) is 144 Å². The highest BCUT2D eigenvalue weighted by molar-refractivity contribution is 5.95. The van der Waals surface area contributed by atoms with Crippen LogP contribution in [0.4, 0.5) is 0 Å². The molecule has 1 rings (SSSR count). The van der Waals surface area contributed by atoms with Crippen LogP contribution in [0.3, 0.4) is 0 Å². The van der Waals surface area contributed by atoms with Gasteiger partial charge in [0.2, 0.25) is 0 Å². The first-order chi connectivity index (χ1) is 37.3. The van der Waals surface area contributed by atoms with Crippen molar-refractivity contribution in [2.45, 2.75) is 238 Å². The maximum absolute atomic E-state index is 13.9. The molecule has 0 saturated carbocycles. The predicted molar refractivity (Wildman–Crippen MR) is 295 cm³/mol. The Bertz CT molecular complexity index is 1960. The molecule has 0 radical (unpaired) electrons. The van der Waals surface area contributed by atoms with E-state index in [1.807, 2.05) is 0 Å². The average Bonchev–Trinajstić information content (AvgIpc) is 3.33. The van der Waals surface area contributed by atoms with Crippen LogP contribution in [0.5, 0.6) is 0 Å². The third kappa shape index (κ3) is 23.9. The molecule has 0 bridgehead atoms. The smallest absolute Gasteiger partial charge is 0.329 e. The molecule has 1 heterocycles. The Morgan fingerprint density at radius 3 is 0.630 bits per heavy atom. The number of amides is 6. The molecule has 462 valence electrons. The highest BCUT2D eigenvalue weighted by Gasteiger charge is 2.41. The minimum atomic E-state index is -1.52. The fourth-order valence-corrected chi connectivity index (χ4v) is 8.00. The van der Waals surface area contributed by atoms with E-state index >= 15 is 0 Å². The van der Waals surface area contributed by atoms with Crippen molar-refractivity contribution in [2.75, 3.05) is 0 Å². The molecule has 0 spiro atoms. The number of hydrogen-bond acceptors (Lipinski definition) is 18. The third-order valence-corrected chi connectivity index (χ3v) is 12.8. The van der Waals surface area contributed by atoms with Crippen molar-refractivity contribution in [3.63, 3.8) is 0 Å². The normalized spacial score (nSPS) is 28.2. The van der Waals surface area contributed by atoms with E-state index in [0.29, 0.717) is 0 Å². The second kappa shape index (κ2) is 33.5. The van der Waals surface area contributed by atoms with Gasteiger partial charge in [-0.3, -0.25) is 28.8 Å². The van der Waals surface area contributed by atoms with Crippen LogP contribution < -0.4 is 31.9 Å². The molecule has 0 aromatic heterocycles. The number of rotatable bonds is 12. The summed E-state index contributed by atoms with van der Waals surface area (Å²) >= 11 is 0. The summed E-state index contributed by atoms with van der Waals surface area (Å²) in [6, 6.07) is -8.46. The number of nitrogens with one attached hydrogen (secondary N) is 6. The lowest BCUT2D eigenvalue weighted by molar-refractivity contribution is -0.167. The van der Waals surface area contributed by atoms with Crippen molar-refractivity contribution in [3.05, 3.63) is 0 Å². The van der Waals surface area contributed by atoms with Crippen molar-refractivity contribution >= 4 is 71.3 Å². The molecule has 1 fully saturated rings. The van der Waals surface area contributed by atoms with Gasteiger partial charge in [0.25, 0.3) is 35.4 Å². The quantitative estimate of drug-likeness (QED) is 0.120. The van der Waals surface area contributed by atoms with Crippen molar-refractivity contribution in [1.82, 2.24) is 31.9 Å². The van der Waals surface area contributed by atoms with E-state index in [-0.39, 0.29) is 37.0 Å². The molecule has 1 aliphatic heterocycles. The zero-order valence-electron chi connectivity index (χ0n) is 51.6. The molecule has 0 unspecified atom stereocenters. The van der Waals surface area contributed by atoms with Gasteiger partial charge in [0.1, 0.15) is 36.3 Å². The fraction of sp³-hybridized carbons (Fsp3) is 0.789. The van der Waals surface area contributed by atoms with Gasteiger partial charge in [0, 0.05) is 0 Å². The number of esters is 6. The van der Waals surface area contributed by atoms with Gasteiger partial charge in [0.15, 0.2) is 36.6 Å². The van der Waals surface area contributed by atoms with Crippen molar-refractivity contribution < 1.29 is 86.0 Å². The molecule has 12 atom stereocenters. The number of carbonyl (C=O) groups is 12. The zero-order valence-corrected chi connectivity index (χ0v) is 51.6. The first kappa shape index (κ1) is 72.7. The Hall–Kier alpha value is -6.36. The second-order valence-corrected chi connectivity index (χ2v) is 24.4. The van der Waals surface area contributed by atoms with Crippen LogP contribution in [0, 0.1) is 53.3 Å². The molecule has 0 aliphatic carbocycles. The predicted octanol–water partition coefficient (Wildman–Crippen LogP) is 3.51. The Kier molecular flexibility index (Phi) is 30.1. The first-order valence-corrected chi connectivity index (χ1v) is 28.4. The van der Waals surface area contributed by atoms with E-state index in [9.17, 15) is 57.5 Å². The summed E-state index contributed by atoms with van der Waals surface area (Å²) in [6.07, 6.45) is -9.18. The van der Waals surface area contributed by atoms with Gasteiger partial charge in [-0.2, -0.15) is 0 Å². The van der Waals surface area contributed by atoms with E-state index in [0.717, 1.165) is 0 Å². The molecule has 0 aromatic rings. The summed E-state index contributed by atoms with van der Waals surface area (Å²) in [5.74, 6) is -16.4. The van der Waals surface area contributed by atoms with Crippen LogP contribution >= 0.6 is 0 Å². The summed E-state index contributed by atoms with van der Waals surface area (Å²) in [7, 11) is 0. The highest BCUT2D eigenvalue weighted by Crippen LogP contribution is 2.20. The van der Waals surface area contributed by atoms with E-state index in [1.165, 1.54) is 20.8 Å². The van der Waals surface area contributed by atoms with Gasteiger partial charge in [-0.05, 0) is 93.3 Å². The molecular weight excluding hydrogens is 1060 g/mol. The van der Waals surface area contributed by atoms with Gasteiger partial charge in [0.05, 0.1) is 0 Å². The van der Waals surface area contributed by atoms with E-state index < -0.39 is 180 Å². The van der Waals surface area contributed by atoms with Crippen LogP contribution in [0.1, 0.15) is 165 Å². The summed E-state index contributed by atoms with van der Waals surface area (Å²) in [5.41, 5.74) is 0. The maximum atomic E-state index is 13.9. The lowest BCUT2D eigenvalue weighted by Crippen LogP contribution is -2.55. The van der Waals surface area contributed by atoms with Gasteiger partial charge in [-0.15, -0.1) is 0 Å². The van der Waals surface area contributed by atoms with Crippen LogP contribution in [0.2, 0.25) is 0 Å². The third-order valence-electron chi connectivity index (χ3n) is 12.8. The number of cyclic esters (lactones) is 6. The largest absolute Gasteiger partial charge is 0.451 e. The Morgan fingerprint density at radius 1 is 0.272 bits per heavy atom. The topological polar surface area (TPSA) is 332 Å². The maximum Gasteiger partial charge on any atom is 0.329 e. The van der Waals surface area contributed by atoms with Gasteiger partial charge in [-0.25, -0.2) is 28.8 Å². The highest BCUT2D eigenvalue weighted by atomic mass is 16.6. The van der Waals surface area contributed by atoms with Crippen LogP contribution in [-0.2, 0) is 86.0 Å². The van der Waals surface area contributed by atoms with Crippen LogP contribution in [0.15, 0.2) is 0 Å². The van der Waals surface area contributed by atoms with Crippen molar-refractivity contribution in [3.8, 4) is 0 Å². The zero-order chi connectivity index (χ0) is 62.7. The Balaban J connectivity index is 3.93. The molecule has 81 heavy (non-hydrogen) atoms. The molecular formula is C57H96N6O18. The first-order valence-electron chi connectivity index (χ1n) is 28.4. The Morgan fingerprint density at radius 2 is 0.469 bits per heavy atom. The lowest BCUT2D eigenvalue weighted by Gasteiger charge is -2.30. The van der Waals surface area contributed by atoms with Gasteiger partial charge >= 0.3 is 35.8 Å². The molecule has 0 aromatic carbocycles. The van der Waals surface area contributed by atoms with Crippen LogP contribution in [0.25, 0.3) is 0 Å². The minimum Gasteiger partial charge on any atom is -0.451 e. The lowest BCUT2D eigenvalue weighted by atomic mass is 10.0. The second-order valence-electron chi connectivity index (χ2n) is 24.4. The number of hydrogen-bond donors (Lipinski definition) is 6. The SMILES string of the molecule is CC(C)C[C@@H]1OC(=O)[C@H](C(C)C)NC(=O)[C@@H](C(C)C)OC(=O)[C@@H](C)NC(=O)[C@H](CC(C)C)OC(=O)[C@H](C(C)C)NC(=O)[C@@H](C(C)C)OC(=O)[C@@H](C)NC(=O)[C@H](CC(C)C)OC(=O)[C@H](C(C)C)NC(=O)[C@@H](C(C)C)OC(=O)[C@@H](C)NC1=O. The number of ether oxygens (including phenoxy) is 6. The average molecular weight is 1150 g/mol. The van der Waals surface area contributed by atoms with Gasteiger partial charge < -0.3 is 60.3 Å². The molecule has 24 nitrogen and oxygen atoms in total. The fourth-order valence-electron chi connectivity index (χ4n) is 8.00. The minimum absolute atomic E-state index is 0.0340. The standard InChI is InChI=1S/C57H96N6O18/c1-25(2)22-37-46(64)58-34(19)52(70)79-44(32(15)16)50(68)62-41(29(9)10)56(74)77-39(24-27(5)6)48(66)60-36(21)54(72)81-45(33(17)18)51(69)63-42(30(11)12)57(75)78-38(23-26(3)4)47(65)59-35(20)53(71)80-43(31(13)14)49(67)61-40(28(7)8)55(73)76-37/h25-45H,22-24H2,1-21H3,(H,58,64)(H,59,65)(H,60,66)(H,61,67)(H,62,68)(H,63,69)/t34-,35-,36-,37+,38+,39+,40+,41+,42+,43-,44-,45-/m1/s1. The molecule has 6 N–H and O–H groups in total. The van der Waals surface area contributed by atoms with Gasteiger partial charge in [-0.1, -0.05) is 125 Å². The number of carbonyl (C=O) groups excluding carboxylic acids is 12. The van der Waals surface area contributed by atoms with E-state index in [4.69, 9.17) is 28.4 Å². The molecule has 6 amide bonds. The molecule has 1 aliphatic rings. The van der Waals surface area contributed by atoms with Crippen molar-refractivity contribution in [2.24, 2.45) is 53.3 Å². The summed E-state index contributed by atoms with van der Waals surface area (Å²) in [4.78, 5) is 166. The monoisotopic (exact) mass is 1150 g/mol. The van der Waals surface area contributed by atoms with E-state index in [2.05, 4.69) is 31.9 Å². The molecule has 24 heteroatoms. The summed E-state index contributed by atoms with van der Waals surface area (Å²) in [6.45, 7) is 33.4. The summed E-state index contributed by atoms with van der Waals surface area (Å²) < 4.78 is 34.1. The summed E-state index contributed by atoms with van der Waals surface area (Å²) in [5, 5.41) is 15.2. The van der Waals surface area contributed by atoms with Crippen molar-refractivity contribution in [1.29, 1.82) is 0 Å². The molecule has 1 saturated heterocycles.